The standard InChI is InChI=1S/C25H29F4N3O4/c1-23(2,3)36-22(33)32-11-12-34-24(16-32)7-9-31(10-8-24)20-13-17(25(27,28)29)14-21(30-20)35-19-6-4-5-18(26)15-19/h4-6,13-15H,7-12,16H2,1-3H3. The summed E-state index contributed by atoms with van der Waals surface area (Å²) in [6.45, 7) is 7.25. The van der Waals surface area contributed by atoms with Crippen molar-refractivity contribution in [3.8, 4) is 11.6 Å². The molecule has 36 heavy (non-hydrogen) atoms. The van der Waals surface area contributed by atoms with Gasteiger partial charge in [0.15, 0.2) is 0 Å². The highest BCUT2D eigenvalue weighted by atomic mass is 19.4. The number of aromatic nitrogens is 1. The highest BCUT2D eigenvalue weighted by Crippen LogP contribution is 2.37. The summed E-state index contributed by atoms with van der Waals surface area (Å²) < 4.78 is 71.3. The van der Waals surface area contributed by atoms with Gasteiger partial charge in [0.05, 0.1) is 24.3 Å². The van der Waals surface area contributed by atoms with Crippen LogP contribution in [-0.4, -0.2) is 60.0 Å². The Balaban J connectivity index is 1.49. The number of morpholine rings is 1. The number of nitrogens with zero attached hydrogens (tertiary/aromatic N) is 3. The number of carbonyl (C=O) groups is 1. The third kappa shape index (κ3) is 6.37. The second-order valence-electron chi connectivity index (χ2n) is 10.0. The lowest BCUT2D eigenvalue weighted by molar-refractivity contribution is -0.137. The molecule has 2 saturated heterocycles. The zero-order chi connectivity index (χ0) is 26.1. The number of benzene rings is 1. The summed E-state index contributed by atoms with van der Waals surface area (Å²) in [5.74, 6) is -0.709. The molecule has 0 aliphatic carbocycles. The van der Waals surface area contributed by atoms with Gasteiger partial charge in [0.1, 0.15) is 23.0 Å². The number of hydrogen-bond acceptors (Lipinski definition) is 6. The maximum Gasteiger partial charge on any atom is 0.416 e. The molecule has 0 unspecified atom stereocenters. The second-order valence-corrected chi connectivity index (χ2v) is 10.0. The van der Waals surface area contributed by atoms with Crippen LogP contribution >= 0.6 is 0 Å². The van der Waals surface area contributed by atoms with Crippen molar-refractivity contribution in [1.82, 2.24) is 9.88 Å². The maximum absolute atomic E-state index is 13.6. The summed E-state index contributed by atoms with van der Waals surface area (Å²) in [6, 6.07) is 6.88. The lowest BCUT2D eigenvalue weighted by Gasteiger charge is -2.47. The average molecular weight is 512 g/mol. The summed E-state index contributed by atoms with van der Waals surface area (Å²) in [7, 11) is 0. The Morgan fingerprint density at radius 3 is 2.44 bits per heavy atom. The highest BCUT2D eigenvalue weighted by Gasteiger charge is 2.42. The van der Waals surface area contributed by atoms with E-state index in [1.165, 1.54) is 18.2 Å². The van der Waals surface area contributed by atoms with E-state index in [0.717, 1.165) is 18.2 Å². The van der Waals surface area contributed by atoms with Gasteiger partial charge in [0.2, 0.25) is 5.88 Å². The zero-order valence-corrected chi connectivity index (χ0v) is 20.4. The van der Waals surface area contributed by atoms with E-state index in [9.17, 15) is 22.4 Å². The molecule has 2 aromatic rings. The molecule has 2 aliphatic rings. The largest absolute Gasteiger partial charge is 0.444 e. The fraction of sp³-hybridized carbons (Fsp3) is 0.520. The van der Waals surface area contributed by atoms with Crippen LogP contribution in [0.4, 0.5) is 28.2 Å². The van der Waals surface area contributed by atoms with Crippen molar-refractivity contribution < 1.29 is 36.6 Å². The van der Waals surface area contributed by atoms with Crippen LogP contribution in [0.3, 0.4) is 0 Å². The van der Waals surface area contributed by atoms with Gasteiger partial charge < -0.3 is 24.0 Å². The molecule has 0 bridgehead atoms. The molecule has 1 spiro atoms. The first-order valence-corrected chi connectivity index (χ1v) is 11.7. The minimum absolute atomic E-state index is 0.0446. The topological polar surface area (TPSA) is 64.1 Å². The highest BCUT2D eigenvalue weighted by molar-refractivity contribution is 5.68. The summed E-state index contributed by atoms with van der Waals surface area (Å²) in [5.41, 5.74) is -2.13. The lowest BCUT2D eigenvalue weighted by atomic mass is 9.89. The summed E-state index contributed by atoms with van der Waals surface area (Å²) in [5, 5.41) is 0. The minimum atomic E-state index is -4.62. The molecule has 0 N–H and O–H groups in total. The van der Waals surface area contributed by atoms with Crippen LogP contribution in [0.25, 0.3) is 0 Å². The predicted molar refractivity (Wildman–Crippen MR) is 124 cm³/mol. The van der Waals surface area contributed by atoms with Crippen LogP contribution in [0.2, 0.25) is 0 Å². The van der Waals surface area contributed by atoms with Crippen molar-refractivity contribution in [1.29, 1.82) is 0 Å². The molecule has 11 heteroatoms. The van der Waals surface area contributed by atoms with E-state index in [-0.39, 0.29) is 17.4 Å². The number of halogens is 4. The van der Waals surface area contributed by atoms with Crippen LogP contribution in [0, 0.1) is 5.82 Å². The first-order chi connectivity index (χ1) is 16.8. The fourth-order valence-corrected chi connectivity index (χ4v) is 4.29. The van der Waals surface area contributed by atoms with Crippen LogP contribution in [-0.2, 0) is 15.7 Å². The number of amides is 1. The molecule has 4 rings (SSSR count). The molecular formula is C25H29F4N3O4. The summed E-state index contributed by atoms with van der Waals surface area (Å²) in [6.07, 6.45) is -4.05. The van der Waals surface area contributed by atoms with E-state index in [2.05, 4.69) is 4.98 Å². The van der Waals surface area contributed by atoms with E-state index >= 15 is 0 Å². The third-order valence-corrected chi connectivity index (χ3v) is 6.03. The smallest absolute Gasteiger partial charge is 0.416 e. The Labute approximate surface area is 206 Å². The molecule has 2 aliphatic heterocycles. The van der Waals surface area contributed by atoms with Gasteiger partial charge in [-0.25, -0.2) is 9.18 Å². The average Bonchev–Trinajstić information content (AvgIpc) is 2.78. The minimum Gasteiger partial charge on any atom is -0.444 e. The van der Waals surface area contributed by atoms with E-state index < -0.39 is 34.9 Å². The second kappa shape index (κ2) is 9.76. The van der Waals surface area contributed by atoms with Gasteiger partial charge >= 0.3 is 12.3 Å². The Morgan fingerprint density at radius 1 is 1.08 bits per heavy atom. The van der Waals surface area contributed by atoms with Gasteiger partial charge in [-0.2, -0.15) is 18.2 Å². The maximum atomic E-state index is 13.6. The molecule has 0 radical (unpaired) electrons. The third-order valence-electron chi connectivity index (χ3n) is 6.03. The number of rotatable bonds is 3. The molecule has 7 nitrogen and oxygen atoms in total. The number of carbonyl (C=O) groups excluding carboxylic acids is 1. The van der Waals surface area contributed by atoms with E-state index in [0.29, 0.717) is 45.6 Å². The summed E-state index contributed by atoms with van der Waals surface area (Å²) >= 11 is 0. The first kappa shape index (κ1) is 26.0. The zero-order valence-electron chi connectivity index (χ0n) is 20.4. The van der Waals surface area contributed by atoms with Crippen LogP contribution in [0.5, 0.6) is 11.6 Å². The Kier molecular flexibility index (Phi) is 7.05. The van der Waals surface area contributed by atoms with Crippen molar-refractivity contribution in [2.75, 3.05) is 37.7 Å². The van der Waals surface area contributed by atoms with Gasteiger partial charge in [-0.15, -0.1) is 0 Å². The van der Waals surface area contributed by atoms with E-state index in [1.54, 1.807) is 30.6 Å². The van der Waals surface area contributed by atoms with Crippen molar-refractivity contribution in [2.24, 2.45) is 0 Å². The normalized spacial score (nSPS) is 18.3. The predicted octanol–water partition coefficient (Wildman–Crippen LogP) is 5.64. The van der Waals surface area contributed by atoms with Crippen LogP contribution in [0.15, 0.2) is 36.4 Å². The number of anilines is 1. The molecule has 0 saturated carbocycles. The van der Waals surface area contributed by atoms with Gasteiger partial charge in [-0.1, -0.05) is 6.07 Å². The Hall–Kier alpha value is -3.08. The Morgan fingerprint density at radius 2 is 1.81 bits per heavy atom. The van der Waals surface area contributed by atoms with Crippen molar-refractivity contribution >= 4 is 11.9 Å². The van der Waals surface area contributed by atoms with Gasteiger partial charge in [-0.05, 0) is 51.8 Å². The number of pyridine rings is 1. The van der Waals surface area contributed by atoms with E-state index in [4.69, 9.17) is 14.2 Å². The molecular weight excluding hydrogens is 482 g/mol. The molecule has 1 aromatic heterocycles. The molecule has 1 amide bonds. The van der Waals surface area contributed by atoms with Crippen molar-refractivity contribution in [3.05, 3.63) is 47.8 Å². The SMILES string of the molecule is CC(C)(C)OC(=O)N1CCOC2(CCN(c3cc(C(F)(F)F)cc(Oc4cccc(F)c4)n3)CC2)C1. The van der Waals surface area contributed by atoms with Crippen molar-refractivity contribution in [2.45, 2.75) is 51.0 Å². The monoisotopic (exact) mass is 511 g/mol. The van der Waals surface area contributed by atoms with Crippen molar-refractivity contribution in [3.63, 3.8) is 0 Å². The van der Waals surface area contributed by atoms with Crippen LogP contribution in [0.1, 0.15) is 39.2 Å². The van der Waals surface area contributed by atoms with Crippen LogP contribution < -0.4 is 9.64 Å². The van der Waals surface area contributed by atoms with Gasteiger partial charge in [0, 0.05) is 31.8 Å². The number of alkyl halides is 3. The molecule has 0 atom stereocenters. The van der Waals surface area contributed by atoms with Gasteiger partial charge in [0.25, 0.3) is 0 Å². The van der Waals surface area contributed by atoms with E-state index in [1.807, 2.05) is 0 Å². The number of hydrogen-bond donors (Lipinski definition) is 0. The first-order valence-electron chi connectivity index (χ1n) is 11.7. The fourth-order valence-electron chi connectivity index (χ4n) is 4.29. The summed E-state index contributed by atoms with van der Waals surface area (Å²) in [4.78, 5) is 20.2. The Bertz CT molecular complexity index is 1100. The number of ether oxygens (including phenoxy) is 3. The molecule has 1 aromatic carbocycles. The number of piperidine rings is 1. The molecule has 2 fully saturated rings. The lowest BCUT2D eigenvalue weighted by Crippen LogP contribution is -2.58. The van der Waals surface area contributed by atoms with Gasteiger partial charge in [-0.3, -0.25) is 0 Å². The molecule has 196 valence electrons. The molecule has 3 heterocycles. The quantitative estimate of drug-likeness (QED) is 0.497.